The Kier molecular flexibility index (Phi) is 6.21. The summed E-state index contributed by atoms with van der Waals surface area (Å²) in [5.74, 6) is -2.62. The first kappa shape index (κ1) is 17.5. The number of aliphatic hydroxyl groups is 1. The Balaban J connectivity index is 1.72. The second-order valence-electron chi connectivity index (χ2n) is 5.97. The number of carbonyl (C=O) groups excluding carboxylic acids is 2. The maximum Gasteiger partial charge on any atom is 0.220 e. The van der Waals surface area contributed by atoms with Crippen molar-refractivity contribution in [3.63, 3.8) is 0 Å². The van der Waals surface area contributed by atoms with Crippen LogP contribution in [0.25, 0.3) is 0 Å². The van der Waals surface area contributed by atoms with Crippen molar-refractivity contribution in [2.75, 3.05) is 6.54 Å². The average Bonchev–Trinajstić information content (AvgIpc) is 3.07. The van der Waals surface area contributed by atoms with Crippen molar-refractivity contribution in [3.05, 3.63) is 35.4 Å². The Morgan fingerprint density at radius 1 is 1.17 bits per heavy atom. The number of hydrogen-bond acceptors (Lipinski definition) is 3. The van der Waals surface area contributed by atoms with Crippen molar-refractivity contribution in [2.24, 2.45) is 5.92 Å². The molecule has 1 aromatic rings. The molecule has 23 heavy (non-hydrogen) atoms. The standard InChI is InChI=1S/C17H21F2NO3/c18-13-6-5-12(9-14(13)19)15(21)7-8-17(23)20-10-16(22)11-3-1-2-4-11/h5-6,9,11,16,22H,1-4,7-8,10H2,(H,20,23). The minimum Gasteiger partial charge on any atom is -0.391 e. The maximum atomic E-state index is 13.1. The fourth-order valence-corrected chi connectivity index (χ4v) is 2.86. The molecule has 0 aromatic heterocycles. The molecule has 0 bridgehead atoms. The van der Waals surface area contributed by atoms with E-state index in [2.05, 4.69) is 5.32 Å². The number of rotatable bonds is 7. The predicted molar refractivity (Wildman–Crippen MR) is 80.9 cm³/mol. The van der Waals surface area contributed by atoms with Gasteiger partial charge in [-0.3, -0.25) is 9.59 Å². The fraction of sp³-hybridized carbons (Fsp3) is 0.529. The van der Waals surface area contributed by atoms with Crippen LogP contribution in [0.15, 0.2) is 18.2 Å². The Morgan fingerprint density at radius 3 is 2.52 bits per heavy atom. The van der Waals surface area contributed by atoms with Gasteiger partial charge >= 0.3 is 0 Å². The average molecular weight is 325 g/mol. The van der Waals surface area contributed by atoms with Gasteiger partial charge < -0.3 is 10.4 Å². The molecular formula is C17H21F2NO3. The molecule has 126 valence electrons. The van der Waals surface area contributed by atoms with Crippen molar-refractivity contribution >= 4 is 11.7 Å². The molecule has 4 nitrogen and oxygen atoms in total. The summed E-state index contributed by atoms with van der Waals surface area (Å²) < 4.78 is 25.9. The largest absolute Gasteiger partial charge is 0.391 e. The van der Waals surface area contributed by atoms with Crippen LogP contribution in [0.2, 0.25) is 0 Å². The van der Waals surface area contributed by atoms with E-state index < -0.39 is 23.5 Å². The van der Waals surface area contributed by atoms with Crippen LogP contribution in [0.5, 0.6) is 0 Å². The van der Waals surface area contributed by atoms with Crippen LogP contribution in [0, 0.1) is 17.6 Å². The zero-order valence-electron chi connectivity index (χ0n) is 12.9. The van der Waals surface area contributed by atoms with Crippen LogP contribution in [-0.2, 0) is 4.79 Å². The normalized spacial score (nSPS) is 16.3. The van der Waals surface area contributed by atoms with Crippen LogP contribution < -0.4 is 5.32 Å². The molecule has 6 heteroatoms. The molecule has 1 aliphatic rings. The van der Waals surface area contributed by atoms with Crippen molar-refractivity contribution in [1.29, 1.82) is 0 Å². The van der Waals surface area contributed by atoms with Gasteiger partial charge in [-0.25, -0.2) is 8.78 Å². The minimum absolute atomic E-state index is 0.0442. The van der Waals surface area contributed by atoms with Crippen LogP contribution in [-0.4, -0.2) is 29.4 Å². The summed E-state index contributed by atoms with van der Waals surface area (Å²) in [4.78, 5) is 23.6. The Labute approximate surface area is 133 Å². The van der Waals surface area contributed by atoms with E-state index in [0.717, 1.165) is 37.8 Å². The first-order chi connectivity index (χ1) is 11.0. The summed E-state index contributed by atoms with van der Waals surface area (Å²) in [6.45, 7) is 0.183. The van der Waals surface area contributed by atoms with E-state index in [1.165, 1.54) is 6.07 Å². The van der Waals surface area contributed by atoms with Crippen molar-refractivity contribution in [1.82, 2.24) is 5.32 Å². The Bertz CT molecular complexity index is 571. The van der Waals surface area contributed by atoms with Crippen LogP contribution >= 0.6 is 0 Å². The number of aliphatic hydroxyl groups excluding tert-OH is 1. The van der Waals surface area contributed by atoms with Crippen LogP contribution in [0.1, 0.15) is 48.9 Å². The van der Waals surface area contributed by atoms with E-state index >= 15 is 0 Å². The number of halogens is 2. The Hall–Kier alpha value is -1.82. The molecule has 1 unspecified atom stereocenters. The van der Waals surface area contributed by atoms with Gasteiger partial charge in [0.1, 0.15) is 0 Å². The second kappa shape index (κ2) is 8.15. The van der Waals surface area contributed by atoms with E-state index in [4.69, 9.17) is 0 Å². The second-order valence-corrected chi connectivity index (χ2v) is 5.97. The lowest BCUT2D eigenvalue weighted by molar-refractivity contribution is -0.121. The maximum absolute atomic E-state index is 13.1. The molecule has 1 atom stereocenters. The minimum atomic E-state index is -1.08. The van der Waals surface area contributed by atoms with E-state index in [9.17, 15) is 23.5 Å². The van der Waals surface area contributed by atoms with Gasteiger partial charge in [0.2, 0.25) is 5.91 Å². The van der Waals surface area contributed by atoms with Crippen molar-refractivity contribution in [3.8, 4) is 0 Å². The number of nitrogens with one attached hydrogen (secondary N) is 1. The third kappa shape index (κ3) is 5.10. The lowest BCUT2D eigenvalue weighted by atomic mass is 10.0. The summed E-state index contributed by atoms with van der Waals surface area (Å²) in [6, 6.07) is 2.92. The monoisotopic (exact) mass is 325 g/mol. The van der Waals surface area contributed by atoms with Gasteiger partial charge in [0.05, 0.1) is 6.10 Å². The smallest absolute Gasteiger partial charge is 0.220 e. The lowest BCUT2D eigenvalue weighted by Gasteiger charge is -2.17. The van der Waals surface area contributed by atoms with E-state index in [1.54, 1.807) is 0 Å². The predicted octanol–water partition coefficient (Wildman–Crippen LogP) is 2.60. The van der Waals surface area contributed by atoms with Gasteiger partial charge in [0, 0.05) is 24.9 Å². The van der Waals surface area contributed by atoms with E-state index in [1.807, 2.05) is 0 Å². The SMILES string of the molecule is O=C(CCC(=O)c1ccc(F)c(F)c1)NCC(O)C1CCCC1. The first-order valence-corrected chi connectivity index (χ1v) is 7.90. The van der Waals surface area contributed by atoms with Crippen molar-refractivity contribution in [2.45, 2.75) is 44.6 Å². The molecule has 2 N–H and O–H groups in total. The first-order valence-electron chi connectivity index (χ1n) is 7.90. The molecule has 1 aromatic carbocycles. The fourth-order valence-electron chi connectivity index (χ4n) is 2.86. The number of amides is 1. The zero-order valence-corrected chi connectivity index (χ0v) is 12.9. The Morgan fingerprint density at radius 2 is 1.87 bits per heavy atom. The number of carbonyl (C=O) groups is 2. The number of hydrogen-bond donors (Lipinski definition) is 2. The van der Waals surface area contributed by atoms with Crippen LogP contribution in [0.3, 0.4) is 0 Å². The molecule has 0 aliphatic heterocycles. The molecule has 1 saturated carbocycles. The highest BCUT2D eigenvalue weighted by molar-refractivity contribution is 5.97. The molecule has 1 fully saturated rings. The quantitative estimate of drug-likeness (QED) is 0.757. The van der Waals surface area contributed by atoms with Gasteiger partial charge in [-0.05, 0) is 37.0 Å². The van der Waals surface area contributed by atoms with Crippen molar-refractivity contribution < 1.29 is 23.5 Å². The number of benzene rings is 1. The lowest BCUT2D eigenvalue weighted by Crippen LogP contribution is -2.35. The van der Waals surface area contributed by atoms with Gasteiger partial charge in [0.15, 0.2) is 17.4 Å². The summed E-state index contributed by atoms with van der Waals surface area (Å²) in [5.41, 5.74) is 0.0442. The van der Waals surface area contributed by atoms with Crippen LogP contribution in [0.4, 0.5) is 8.78 Å². The highest BCUT2D eigenvalue weighted by Gasteiger charge is 2.23. The van der Waals surface area contributed by atoms with Gasteiger partial charge in [-0.2, -0.15) is 0 Å². The molecule has 2 rings (SSSR count). The third-order valence-electron chi connectivity index (χ3n) is 4.27. The zero-order chi connectivity index (χ0) is 16.8. The summed E-state index contributed by atoms with van der Waals surface area (Å²) in [7, 11) is 0. The molecule has 0 heterocycles. The van der Waals surface area contributed by atoms with E-state index in [0.29, 0.717) is 0 Å². The molecule has 1 aliphatic carbocycles. The summed E-state index contributed by atoms with van der Waals surface area (Å²) >= 11 is 0. The topological polar surface area (TPSA) is 66.4 Å². The number of ketones is 1. The highest BCUT2D eigenvalue weighted by Crippen LogP contribution is 2.27. The molecule has 0 radical (unpaired) electrons. The summed E-state index contributed by atoms with van der Waals surface area (Å²) in [6.07, 6.45) is 3.49. The van der Waals surface area contributed by atoms with E-state index in [-0.39, 0.29) is 36.8 Å². The molecule has 0 saturated heterocycles. The van der Waals surface area contributed by atoms with Gasteiger partial charge in [-0.1, -0.05) is 12.8 Å². The third-order valence-corrected chi connectivity index (χ3v) is 4.27. The van der Waals surface area contributed by atoms with Gasteiger partial charge in [-0.15, -0.1) is 0 Å². The van der Waals surface area contributed by atoms with Gasteiger partial charge in [0.25, 0.3) is 0 Å². The molecule has 1 amide bonds. The number of Topliss-reactive ketones (excluding diaryl/α,β-unsaturated/α-hetero) is 1. The molecular weight excluding hydrogens is 304 g/mol. The highest BCUT2D eigenvalue weighted by atomic mass is 19.2. The molecule has 0 spiro atoms. The summed E-state index contributed by atoms with van der Waals surface area (Å²) in [5, 5.41) is 12.6.